The third-order valence-corrected chi connectivity index (χ3v) is 2.96. The molecule has 0 spiro atoms. The Labute approximate surface area is 156 Å². The molecule has 23 heavy (non-hydrogen) atoms. The first-order valence-corrected chi connectivity index (χ1v) is 7.35. The highest BCUT2D eigenvalue weighted by Crippen LogP contribution is 2.19. The number of nitrogens with one attached hydrogen (secondary N) is 2. The van der Waals surface area contributed by atoms with Crippen molar-refractivity contribution in [1.29, 1.82) is 0 Å². The van der Waals surface area contributed by atoms with E-state index in [9.17, 15) is 0 Å². The summed E-state index contributed by atoms with van der Waals surface area (Å²) in [4.78, 5) is 4.18. The molecule has 2 N–H and O–H groups in total. The predicted molar refractivity (Wildman–Crippen MR) is 104 cm³/mol. The molecule has 0 radical (unpaired) electrons. The van der Waals surface area contributed by atoms with Crippen LogP contribution in [0, 0.1) is 0 Å². The fourth-order valence-corrected chi connectivity index (χ4v) is 1.91. The van der Waals surface area contributed by atoms with E-state index in [1.807, 2.05) is 38.1 Å². The quantitative estimate of drug-likeness (QED) is 0.371. The summed E-state index contributed by atoms with van der Waals surface area (Å²) < 4.78 is 16.1. The Kier molecular flexibility index (Phi) is 11.6. The SMILES string of the molecule is CN=C(NCC(C)Oc1cccc(OC)c1)NC(C)COC.I. The van der Waals surface area contributed by atoms with Gasteiger partial charge in [-0.2, -0.15) is 0 Å². The van der Waals surface area contributed by atoms with Gasteiger partial charge in [0.15, 0.2) is 5.96 Å². The average Bonchev–Trinajstić information content (AvgIpc) is 2.51. The maximum absolute atomic E-state index is 5.85. The number of rotatable bonds is 8. The summed E-state index contributed by atoms with van der Waals surface area (Å²) in [5, 5.41) is 6.48. The van der Waals surface area contributed by atoms with E-state index in [1.54, 1.807) is 21.3 Å². The molecule has 0 aliphatic heterocycles. The highest BCUT2D eigenvalue weighted by atomic mass is 127. The Bertz CT molecular complexity index is 472. The van der Waals surface area contributed by atoms with Gasteiger partial charge in [0.05, 0.1) is 20.3 Å². The van der Waals surface area contributed by atoms with Crippen molar-refractivity contribution in [2.75, 3.05) is 34.4 Å². The zero-order valence-electron chi connectivity index (χ0n) is 14.5. The minimum atomic E-state index is -0.0108. The van der Waals surface area contributed by atoms with Gasteiger partial charge in [0.25, 0.3) is 0 Å². The van der Waals surface area contributed by atoms with Gasteiger partial charge in [-0.1, -0.05) is 6.07 Å². The van der Waals surface area contributed by atoms with Crippen LogP contribution in [0.2, 0.25) is 0 Å². The third kappa shape index (κ3) is 8.85. The summed E-state index contributed by atoms with van der Waals surface area (Å²) in [5.74, 6) is 2.29. The molecular weight excluding hydrogens is 409 g/mol. The number of hydrogen-bond donors (Lipinski definition) is 2. The standard InChI is InChI=1S/C16H27N3O3.HI/c1-12(11-20-4)19-16(17-3)18-10-13(2)22-15-8-6-7-14(9-15)21-5;/h6-9,12-13H,10-11H2,1-5H3,(H2,17,18,19);1H. The van der Waals surface area contributed by atoms with E-state index in [0.29, 0.717) is 13.2 Å². The van der Waals surface area contributed by atoms with Crippen LogP contribution in [-0.2, 0) is 4.74 Å². The Morgan fingerprint density at radius 3 is 2.52 bits per heavy atom. The Balaban J connectivity index is 0.00000484. The molecule has 0 aliphatic carbocycles. The van der Waals surface area contributed by atoms with Gasteiger partial charge in [-0.3, -0.25) is 4.99 Å². The second kappa shape index (κ2) is 12.2. The highest BCUT2D eigenvalue weighted by molar-refractivity contribution is 14.0. The first-order chi connectivity index (χ1) is 10.6. The Morgan fingerprint density at radius 1 is 1.22 bits per heavy atom. The maximum Gasteiger partial charge on any atom is 0.191 e. The van der Waals surface area contributed by atoms with Crippen LogP contribution in [0.4, 0.5) is 0 Å². The van der Waals surface area contributed by atoms with Crippen LogP contribution < -0.4 is 20.1 Å². The van der Waals surface area contributed by atoms with Gasteiger partial charge in [0, 0.05) is 26.3 Å². The molecule has 0 saturated heterocycles. The minimum Gasteiger partial charge on any atom is -0.497 e. The van der Waals surface area contributed by atoms with E-state index in [2.05, 4.69) is 15.6 Å². The van der Waals surface area contributed by atoms with E-state index in [1.165, 1.54) is 0 Å². The molecule has 1 rings (SSSR count). The molecule has 0 heterocycles. The molecule has 2 atom stereocenters. The molecule has 0 bridgehead atoms. The minimum absolute atomic E-state index is 0. The fourth-order valence-electron chi connectivity index (χ4n) is 1.91. The van der Waals surface area contributed by atoms with Gasteiger partial charge in [-0.15, -0.1) is 24.0 Å². The predicted octanol–water partition coefficient (Wildman–Crippen LogP) is 2.28. The molecule has 1 aromatic rings. The molecular formula is C16H28IN3O3. The van der Waals surface area contributed by atoms with E-state index in [4.69, 9.17) is 14.2 Å². The number of nitrogens with zero attached hydrogens (tertiary/aromatic N) is 1. The van der Waals surface area contributed by atoms with Crippen molar-refractivity contribution >= 4 is 29.9 Å². The number of halogens is 1. The molecule has 1 aromatic carbocycles. The normalized spacial score (nSPS) is 13.5. The number of ether oxygens (including phenoxy) is 3. The van der Waals surface area contributed by atoms with Crippen LogP contribution in [0.5, 0.6) is 11.5 Å². The monoisotopic (exact) mass is 437 g/mol. The zero-order chi connectivity index (χ0) is 16.4. The van der Waals surface area contributed by atoms with Crippen LogP contribution in [0.1, 0.15) is 13.8 Å². The number of aliphatic imine (C=N–C) groups is 1. The number of guanidine groups is 1. The Morgan fingerprint density at radius 2 is 1.91 bits per heavy atom. The smallest absolute Gasteiger partial charge is 0.191 e. The lowest BCUT2D eigenvalue weighted by molar-refractivity contribution is 0.178. The summed E-state index contributed by atoms with van der Waals surface area (Å²) >= 11 is 0. The van der Waals surface area contributed by atoms with Crippen LogP contribution in [-0.4, -0.2) is 52.5 Å². The summed E-state index contributed by atoms with van der Waals surface area (Å²) in [7, 11) is 5.06. The van der Waals surface area contributed by atoms with Crippen molar-refractivity contribution < 1.29 is 14.2 Å². The average molecular weight is 437 g/mol. The van der Waals surface area contributed by atoms with Crippen LogP contribution in [0.25, 0.3) is 0 Å². The zero-order valence-corrected chi connectivity index (χ0v) is 16.8. The van der Waals surface area contributed by atoms with Crippen LogP contribution in [0.15, 0.2) is 29.3 Å². The van der Waals surface area contributed by atoms with Gasteiger partial charge in [0.2, 0.25) is 0 Å². The molecule has 6 nitrogen and oxygen atoms in total. The number of hydrogen-bond acceptors (Lipinski definition) is 4. The largest absolute Gasteiger partial charge is 0.497 e. The van der Waals surface area contributed by atoms with Gasteiger partial charge in [-0.25, -0.2) is 0 Å². The second-order valence-corrected chi connectivity index (χ2v) is 5.06. The van der Waals surface area contributed by atoms with E-state index in [0.717, 1.165) is 17.5 Å². The third-order valence-electron chi connectivity index (χ3n) is 2.96. The first-order valence-electron chi connectivity index (χ1n) is 7.35. The van der Waals surface area contributed by atoms with Crippen molar-refractivity contribution in [3.05, 3.63) is 24.3 Å². The van der Waals surface area contributed by atoms with Crippen molar-refractivity contribution in [3.8, 4) is 11.5 Å². The summed E-state index contributed by atoms with van der Waals surface area (Å²) in [5.41, 5.74) is 0. The molecule has 0 fully saturated rings. The van der Waals surface area contributed by atoms with Crippen molar-refractivity contribution in [2.45, 2.75) is 26.0 Å². The van der Waals surface area contributed by atoms with Gasteiger partial charge in [0.1, 0.15) is 17.6 Å². The van der Waals surface area contributed by atoms with Gasteiger partial charge < -0.3 is 24.8 Å². The molecule has 0 amide bonds. The first kappa shape index (κ1) is 21.8. The van der Waals surface area contributed by atoms with Gasteiger partial charge >= 0.3 is 0 Å². The van der Waals surface area contributed by atoms with E-state index in [-0.39, 0.29) is 36.1 Å². The summed E-state index contributed by atoms with van der Waals surface area (Å²) in [6.45, 7) is 5.29. The maximum atomic E-state index is 5.85. The van der Waals surface area contributed by atoms with E-state index >= 15 is 0 Å². The van der Waals surface area contributed by atoms with Crippen molar-refractivity contribution in [2.24, 2.45) is 4.99 Å². The van der Waals surface area contributed by atoms with Crippen LogP contribution in [0.3, 0.4) is 0 Å². The summed E-state index contributed by atoms with van der Waals surface area (Å²) in [6, 6.07) is 7.75. The Hall–Kier alpha value is -1.22. The molecule has 0 aromatic heterocycles. The molecule has 0 aliphatic rings. The summed E-state index contributed by atoms with van der Waals surface area (Å²) in [6.07, 6.45) is -0.0108. The molecule has 2 unspecified atom stereocenters. The number of methoxy groups -OCH3 is 2. The lowest BCUT2D eigenvalue weighted by Crippen LogP contribution is -2.46. The lowest BCUT2D eigenvalue weighted by Gasteiger charge is -2.20. The van der Waals surface area contributed by atoms with Crippen molar-refractivity contribution in [3.63, 3.8) is 0 Å². The number of benzene rings is 1. The van der Waals surface area contributed by atoms with Gasteiger partial charge in [-0.05, 0) is 26.0 Å². The van der Waals surface area contributed by atoms with Crippen LogP contribution >= 0.6 is 24.0 Å². The lowest BCUT2D eigenvalue weighted by atomic mass is 10.3. The van der Waals surface area contributed by atoms with Crippen molar-refractivity contribution in [1.82, 2.24) is 10.6 Å². The highest BCUT2D eigenvalue weighted by Gasteiger charge is 2.08. The molecule has 0 saturated carbocycles. The molecule has 132 valence electrons. The van der Waals surface area contributed by atoms with E-state index < -0.39 is 0 Å². The molecule has 7 heteroatoms. The topological polar surface area (TPSA) is 64.1 Å². The second-order valence-electron chi connectivity index (χ2n) is 5.06. The fraction of sp³-hybridized carbons (Fsp3) is 0.562.